The fourth-order valence-electron chi connectivity index (χ4n) is 1.67. The fraction of sp³-hybridized carbons (Fsp3) is 0.333. The molecule has 7 nitrogen and oxygen atoms in total. The number of aliphatic carboxylic acids is 1. The molecule has 1 aromatic carbocycles. The van der Waals surface area contributed by atoms with Crippen molar-refractivity contribution in [1.29, 1.82) is 0 Å². The van der Waals surface area contributed by atoms with Crippen LogP contribution in [-0.4, -0.2) is 41.9 Å². The van der Waals surface area contributed by atoms with Crippen molar-refractivity contribution in [2.75, 3.05) is 25.2 Å². The Morgan fingerprint density at radius 2 is 2.11 bits per heavy atom. The summed E-state index contributed by atoms with van der Waals surface area (Å²) in [6.07, 6.45) is 0. The zero-order valence-electron chi connectivity index (χ0n) is 10.4. The van der Waals surface area contributed by atoms with Gasteiger partial charge in [-0.15, -0.1) is 0 Å². The largest absolute Gasteiger partial charge is 0.480 e. The van der Waals surface area contributed by atoms with Gasteiger partial charge in [-0.25, -0.2) is 4.79 Å². The Balaban J connectivity index is 2.03. The molecule has 0 bridgehead atoms. The van der Waals surface area contributed by atoms with Crippen molar-refractivity contribution in [3.63, 3.8) is 0 Å². The van der Waals surface area contributed by atoms with Crippen molar-refractivity contribution in [3.8, 4) is 11.5 Å². The van der Waals surface area contributed by atoms with E-state index in [0.29, 0.717) is 23.7 Å². The lowest BCUT2D eigenvalue weighted by Gasteiger charge is -2.19. The van der Waals surface area contributed by atoms with Gasteiger partial charge in [0, 0.05) is 18.3 Å². The van der Waals surface area contributed by atoms with Crippen LogP contribution in [0.2, 0.25) is 0 Å². The molecule has 0 aromatic heterocycles. The second kappa shape index (κ2) is 5.47. The average Bonchev–Trinajstić information content (AvgIpc) is 2.82. The van der Waals surface area contributed by atoms with Crippen molar-refractivity contribution < 1.29 is 24.2 Å². The molecule has 0 unspecified atom stereocenters. The van der Waals surface area contributed by atoms with E-state index >= 15 is 0 Å². The summed E-state index contributed by atoms with van der Waals surface area (Å²) in [5, 5.41) is 11.3. The number of carboxylic acids is 1. The molecule has 0 aliphatic carbocycles. The van der Waals surface area contributed by atoms with Crippen LogP contribution in [0.25, 0.3) is 0 Å². The van der Waals surface area contributed by atoms with Crippen LogP contribution < -0.4 is 14.8 Å². The van der Waals surface area contributed by atoms with Crippen molar-refractivity contribution in [2.45, 2.75) is 6.92 Å². The lowest BCUT2D eigenvalue weighted by molar-refractivity contribution is -0.137. The van der Waals surface area contributed by atoms with Gasteiger partial charge in [0.05, 0.1) is 0 Å². The maximum Gasteiger partial charge on any atom is 0.323 e. The number of carboxylic acid groups (broad SMARTS) is 1. The highest BCUT2D eigenvalue weighted by atomic mass is 16.7. The molecule has 7 heteroatoms. The molecular formula is C12H14N2O5. The Bertz CT molecular complexity index is 503. The molecule has 102 valence electrons. The van der Waals surface area contributed by atoms with E-state index in [1.54, 1.807) is 25.1 Å². The van der Waals surface area contributed by atoms with Crippen LogP contribution in [0.5, 0.6) is 11.5 Å². The molecule has 2 amide bonds. The molecule has 0 atom stereocenters. The molecule has 0 saturated carbocycles. The summed E-state index contributed by atoms with van der Waals surface area (Å²) in [4.78, 5) is 23.7. The number of hydrogen-bond donors (Lipinski definition) is 2. The molecule has 0 saturated heterocycles. The van der Waals surface area contributed by atoms with E-state index in [1.165, 1.54) is 4.90 Å². The summed E-state index contributed by atoms with van der Waals surface area (Å²) in [5.41, 5.74) is 0.526. The highest BCUT2D eigenvalue weighted by Crippen LogP contribution is 2.34. The molecule has 1 aliphatic rings. The molecule has 0 spiro atoms. The lowest BCUT2D eigenvalue weighted by atomic mass is 10.3. The first kappa shape index (κ1) is 13.0. The van der Waals surface area contributed by atoms with Gasteiger partial charge in [0.25, 0.3) is 0 Å². The molecule has 2 rings (SSSR count). The SMILES string of the molecule is CCN(CC(=O)O)C(=O)Nc1ccc2c(c1)OCO2. The number of rotatable bonds is 4. The third-order valence-corrected chi connectivity index (χ3v) is 2.62. The van der Waals surface area contributed by atoms with E-state index in [1.807, 2.05) is 0 Å². The molecule has 1 aromatic rings. The molecule has 2 N–H and O–H groups in total. The van der Waals surface area contributed by atoms with Crippen LogP contribution in [-0.2, 0) is 4.79 Å². The van der Waals surface area contributed by atoms with Gasteiger partial charge >= 0.3 is 12.0 Å². The number of hydrogen-bond acceptors (Lipinski definition) is 4. The number of urea groups is 1. The van der Waals surface area contributed by atoms with Crippen molar-refractivity contribution in [1.82, 2.24) is 4.90 Å². The number of benzene rings is 1. The van der Waals surface area contributed by atoms with Gasteiger partial charge in [0.15, 0.2) is 11.5 Å². The van der Waals surface area contributed by atoms with Gasteiger partial charge in [-0.3, -0.25) is 4.79 Å². The summed E-state index contributed by atoms with van der Waals surface area (Å²) in [6, 6.07) is 4.52. The maximum atomic E-state index is 11.9. The van der Waals surface area contributed by atoms with Gasteiger partial charge in [0.2, 0.25) is 6.79 Å². The predicted molar refractivity (Wildman–Crippen MR) is 66.5 cm³/mol. The standard InChI is InChI=1S/C12H14N2O5/c1-2-14(6-11(15)16)12(17)13-8-3-4-9-10(5-8)19-7-18-9/h3-5H,2,6-7H2,1H3,(H,13,17)(H,15,16). The highest BCUT2D eigenvalue weighted by Gasteiger charge is 2.17. The Morgan fingerprint density at radius 3 is 2.79 bits per heavy atom. The molecule has 0 fully saturated rings. The summed E-state index contributed by atoms with van der Waals surface area (Å²) in [6.45, 7) is 1.84. The van der Waals surface area contributed by atoms with Crippen LogP contribution in [0.4, 0.5) is 10.5 Å². The average molecular weight is 266 g/mol. The van der Waals surface area contributed by atoms with Gasteiger partial charge in [-0.05, 0) is 19.1 Å². The normalized spacial score (nSPS) is 12.1. The van der Waals surface area contributed by atoms with E-state index in [0.717, 1.165) is 0 Å². The Kier molecular flexibility index (Phi) is 3.74. The number of fused-ring (bicyclic) bond motifs is 1. The highest BCUT2D eigenvalue weighted by molar-refractivity contribution is 5.91. The van der Waals surface area contributed by atoms with Crippen LogP contribution >= 0.6 is 0 Å². The quantitative estimate of drug-likeness (QED) is 0.858. The van der Waals surface area contributed by atoms with E-state index < -0.39 is 12.0 Å². The molecule has 1 aliphatic heterocycles. The van der Waals surface area contributed by atoms with Crippen molar-refractivity contribution in [3.05, 3.63) is 18.2 Å². The van der Waals surface area contributed by atoms with Crippen LogP contribution in [0.15, 0.2) is 18.2 Å². The predicted octanol–water partition coefficient (Wildman–Crippen LogP) is 1.35. The van der Waals surface area contributed by atoms with Gasteiger partial charge in [-0.2, -0.15) is 0 Å². The van der Waals surface area contributed by atoms with E-state index in [2.05, 4.69) is 5.32 Å². The van der Waals surface area contributed by atoms with Gasteiger partial charge in [0.1, 0.15) is 6.54 Å². The number of ether oxygens (including phenoxy) is 2. The smallest absolute Gasteiger partial charge is 0.323 e. The van der Waals surface area contributed by atoms with Gasteiger partial charge < -0.3 is 24.8 Å². The van der Waals surface area contributed by atoms with E-state index in [4.69, 9.17) is 14.6 Å². The number of carbonyl (C=O) groups is 2. The Labute approximate surface area is 109 Å². The third kappa shape index (κ3) is 3.06. The summed E-state index contributed by atoms with van der Waals surface area (Å²) < 4.78 is 10.3. The minimum Gasteiger partial charge on any atom is -0.480 e. The topological polar surface area (TPSA) is 88.1 Å². The Hall–Kier alpha value is -2.44. The summed E-state index contributed by atoms with van der Waals surface area (Å²) >= 11 is 0. The van der Waals surface area contributed by atoms with Crippen molar-refractivity contribution >= 4 is 17.7 Å². The third-order valence-electron chi connectivity index (χ3n) is 2.62. The van der Waals surface area contributed by atoms with E-state index in [-0.39, 0.29) is 13.3 Å². The van der Waals surface area contributed by atoms with Crippen molar-refractivity contribution in [2.24, 2.45) is 0 Å². The summed E-state index contributed by atoms with van der Waals surface area (Å²) in [5.74, 6) is 0.123. The maximum absolute atomic E-state index is 11.9. The summed E-state index contributed by atoms with van der Waals surface area (Å²) in [7, 11) is 0. The number of amides is 2. The zero-order chi connectivity index (χ0) is 13.8. The first-order chi connectivity index (χ1) is 9.10. The minimum atomic E-state index is -1.05. The fourth-order valence-corrected chi connectivity index (χ4v) is 1.67. The molecule has 0 radical (unpaired) electrons. The minimum absolute atomic E-state index is 0.160. The first-order valence-corrected chi connectivity index (χ1v) is 5.77. The number of anilines is 1. The zero-order valence-corrected chi connectivity index (χ0v) is 10.4. The van der Waals surface area contributed by atoms with Crippen LogP contribution in [0.1, 0.15) is 6.92 Å². The Morgan fingerprint density at radius 1 is 1.37 bits per heavy atom. The molecule has 19 heavy (non-hydrogen) atoms. The first-order valence-electron chi connectivity index (χ1n) is 5.77. The monoisotopic (exact) mass is 266 g/mol. The number of likely N-dealkylation sites (N-methyl/N-ethyl adjacent to an activating group) is 1. The van der Waals surface area contributed by atoms with Crippen LogP contribution in [0.3, 0.4) is 0 Å². The molecule has 1 heterocycles. The van der Waals surface area contributed by atoms with E-state index in [9.17, 15) is 9.59 Å². The van der Waals surface area contributed by atoms with Gasteiger partial charge in [-0.1, -0.05) is 0 Å². The second-order valence-electron chi connectivity index (χ2n) is 3.91. The second-order valence-corrected chi connectivity index (χ2v) is 3.91. The number of carbonyl (C=O) groups excluding carboxylic acids is 1. The number of nitrogens with one attached hydrogen (secondary N) is 1. The molecular weight excluding hydrogens is 252 g/mol. The lowest BCUT2D eigenvalue weighted by Crippen LogP contribution is -2.38. The number of nitrogens with zero attached hydrogens (tertiary/aromatic N) is 1. The van der Waals surface area contributed by atoms with Crippen LogP contribution in [0, 0.1) is 0 Å².